The molecule has 1 fully saturated rings. The Labute approximate surface area is 104 Å². The summed E-state index contributed by atoms with van der Waals surface area (Å²) >= 11 is 0. The van der Waals surface area contributed by atoms with E-state index in [1.807, 2.05) is 0 Å². The molecule has 1 saturated heterocycles. The average Bonchev–Trinajstić information content (AvgIpc) is 2.70. The van der Waals surface area contributed by atoms with Gasteiger partial charge < -0.3 is 15.5 Å². The number of urea groups is 1. The molecule has 0 saturated carbocycles. The first-order chi connectivity index (χ1) is 8.60. The molecule has 96 valence electrons. The largest absolute Gasteiger partial charge is 0.341 e. The van der Waals surface area contributed by atoms with E-state index in [4.69, 9.17) is 0 Å². The monoisotopic (exact) mass is 251 g/mol. The number of nitrogens with zero attached hydrogens (tertiary/aromatic N) is 1. The molecule has 18 heavy (non-hydrogen) atoms. The Balaban J connectivity index is 2.08. The third-order valence-electron chi connectivity index (χ3n) is 2.81. The number of halogens is 1. The second-order valence-corrected chi connectivity index (χ2v) is 4.11. The van der Waals surface area contributed by atoms with Gasteiger partial charge in [-0.25, -0.2) is 9.18 Å². The van der Waals surface area contributed by atoms with Crippen LogP contribution in [-0.2, 0) is 4.79 Å². The number of hydrogen-bond acceptors (Lipinski definition) is 2. The average molecular weight is 251 g/mol. The van der Waals surface area contributed by atoms with Crippen molar-refractivity contribution >= 4 is 17.6 Å². The number of rotatable bonds is 2. The summed E-state index contributed by atoms with van der Waals surface area (Å²) in [4.78, 5) is 24.4. The van der Waals surface area contributed by atoms with Gasteiger partial charge in [-0.2, -0.15) is 0 Å². The summed E-state index contributed by atoms with van der Waals surface area (Å²) < 4.78 is 13.1. The van der Waals surface area contributed by atoms with Crippen LogP contribution in [0.15, 0.2) is 24.3 Å². The van der Waals surface area contributed by atoms with E-state index in [0.29, 0.717) is 12.2 Å². The standard InChI is InChI=1S/C12H14FN3O2/c1-14-12(18)15-9-6-11(17)16(7-9)10-4-2-3-8(13)5-10/h2-5,9H,6-7H2,1H3,(H2,14,15,18)/t9-/m0/s1. The maximum atomic E-state index is 13.1. The summed E-state index contributed by atoms with van der Waals surface area (Å²) in [5.74, 6) is -0.509. The fourth-order valence-electron chi connectivity index (χ4n) is 1.96. The first-order valence-corrected chi connectivity index (χ1v) is 5.64. The Bertz CT molecular complexity index is 478. The zero-order chi connectivity index (χ0) is 13.1. The number of anilines is 1. The first-order valence-electron chi connectivity index (χ1n) is 5.64. The lowest BCUT2D eigenvalue weighted by atomic mass is 10.2. The van der Waals surface area contributed by atoms with E-state index >= 15 is 0 Å². The van der Waals surface area contributed by atoms with Crippen LogP contribution in [0.2, 0.25) is 0 Å². The number of carbonyl (C=O) groups is 2. The van der Waals surface area contributed by atoms with E-state index < -0.39 is 0 Å². The van der Waals surface area contributed by atoms with Crippen LogP contribution in [0.5, 0.6) is 0 Å². The Morgan fingerprint density at radius 3 is 2.94 bits per heavy atom. The van der Waals surface area contributed by atoms with Crippen molar-refractivity contribution in [3.63, 3.8) is 0 Å². The third kappa shape index (κ3) is 2.58. The second-order valence-electron chi connectivity index (χ2n) is 4.11. The topological polar surface area (TPSA) is 61.4 Å². The molecule has 1 aliphatic rings. The first kappa shape index (κ1) is 12.3. The molecule has 0 bridgehead atoms. The fraction of sp³-hybridized carbons (Fsp3) is 0.333. The maximum Gasteiger partial charge on any atom is 0.314 e. The normalized spacial score (nSPS) is 18.9. The molecule has 1 atom stereocenters. The van der Waals surface area contributed by atoms with E-state index in [0.717, 1.165) is 0 Å². The summed E-state index contributed by atoms with van der Waals surface area (Å²) in [7, 11) is 1.51. The molecule has 0 aliphatic carbocycles. The molecule has 1 aromatic carbocycles. The van der Waals surface area contributed by atoms with E-state index in [9.17, 15) is 14.0 Å². The van der Waals surface area contributed by atoms with Crippen LogP contribution >= 0.6 is 0 Å². The van der Waals surface area contributed by atoms with Crippen molar-refractivity contribution in [2.24, 2.45) is 0 Å². The van der Waals surface area contributed by atoms with Crippen molar-refractivity contribution in [1.82, 2.24) is 10.6 Å². The number of carbonyl (C=O) groups excluding carboxylic acids is 2. The minimum absolute atomic E-state index is 0.123. The lowest BCUT2D eigenvalue weighted by Crippen LogP contribution is -2.41. The zero-order valence-corrected chi connectivity index (χ0v) is 9.94. The van der Waals surface area contributed by atoms with Crippen LogP contribution in [0.3, 0.4) is 0 Å². The van der Waals surface area contributed by atoms with Crippen molar-refractivity contribution in [2.75, 3.05) is 18.5 Å². The summed E-state index contributed by atoms with van der Waals surface area (Å²) in [6.07, 6.45) is 0.226. The second kappa shape index (κ2) is 5.03. The van der Waals surface area contributed by atoms with E-state index in [1.165, 1.54) is 24.1 Å². The van der Waals surface area contributed by atoms with Gasteiger partial charge in [-0.1, -0.05) is 6.07 Å². The van der Waals surface area contributed by atoms with Crippen molar-refractivity contribution in [3.8, 4) is 0 Å². The van der Waals surface area contributed by atoms with Gasteiger partial charge in [0.25, 0.3) is 0 Å². The van der Waals surface area contributed by atoms with Gasteiger partial charge in [0, 0.05) is 25.7 Å². The van der Waals surface area contributed by atoms with Crippen molar-refractivity contribution in [2.45, 2.75) is 12.5 Å². The van der Waals surface area contributed by atoms with Gasteiger partial charge in [-0.05, 0) is 18.2 Å². The minimum atomic E-state index is -0.386. The molecular formula is C12H14FN3O2. The molecule has 5 nitrogen and oxygen atoms in total. The van der Waals surface area contributed by atoms with Crippen LogP contribution < -0.4 is 15.5 Å². The van der Waals surface area contributed by atoms with Crippen molar-refractivity contribution < 1.29 is 14.0 Å². The van der Waals surface area contributed by atoms with Gasteiger partial charge in [-0.3, -0.25) is 4.79 Å². The lowest BCUT2D eigenvalue weighted by molar-refractivity contribution is -0.117. The number of amides is 3. The molecule has 1 aromatic rings. The fourth-order valence-corrected chi connectivity index (χ4v) is 1.96. The predicted octanol–water partition coefficient (Wildman–Crippen LogP) is 0.860. The Morgan fingerprint density at radius 1 is 1.50 bits per heavy atom. The molecule has 0 unspecified atom stereocenters. The smallest absolute Gasteiger partial charge is 0.314 e. The molecule has 1 heterocycles. The van der Waals surface area contributed by atoms with Crippen LogP contribution in [0.1, 0.15) is 6.42 Å². The van der Waals surface area contributed by atoms with Gasteiger partial charge in [0.05, 0.1) is 6.04 Å². The van der Waals surface area contributed by atoms with Crippen LogP contribution in [-0.4, -0.2) is 31.6 Å². The van der Waals surface area contributed by atoms with Gasteiger partial charge in [0.2, 0.25) is 5.91 Å². The molecule has 0 spiro atoms. The third-order valence-corrected chi connectivity index (χ3v) is 2.81. The number of hydrogen-bond donors (Lipinski definition) is 2. The molecule has 0 aromatic heterocycles. The highest BCUT2D eigenvalue weighted by molar-refractivity contribution is 5.96. The summed E-state index contributed by atoms with van der Waals surface area (Å²) in [5.41, 5.74) is 0.515. The summed E-state index contributed by atoms with van der Waals surface area (Å²) in [6, 6.07) is 5.28. The van der Waals surface area contributed by atoms with Gasteiger partial charge in [0.1, 0.15) is 5.82 Å². The number of nitrogens with one attached hydrogen (secondary N) is 2. The minimum Gasteiger partial charge on any atom is -0.341 e. The van der Waals surface area contributed by atoms with Gasteiger partial charge in [-0.15, -0.1) is 0 Å². The van der Waals surface area contributed by atoms with Crippen LogP contribution in [0, 0.1) is 5.82 Å². The van der Waals surface area contributed by atoms with Gasteiger partial charge >= 0.3 is 6.03 Å². The van der Waals surface area contributed by atoms with Crippen molar-refractivity contribution in [1.29, 1.82) is 0 Å². The highest BCUT2D eigenvalue weighted by atomic mass is 19.1. The SMILES string of the molecule is CNC(=O)N[C@H]1CC(=O)N(c2cccc(F)c2)C1. The maximum absolute atomic E-state index is 13.1. The van der Waals surface area contributed by atoms with Crippen LogP contribution in [0.25, 0.3) is 0 Å². The Hall–Kier alpha value is -2.11. The number of benzene rings is 1. The quantitative estimate of drug-likeness (QED) is 0.819. The van der Waals surface area contributed by atoms with Crippen molar-refractivity contribution in [3.05, 3.63) is 30.1 Å². The highest BCUT2D eigenvalue weighted by Gasteiger charge is 2.31. The predicted molar refractivity (Wildman–Crippen MR) is 64.7 cm³/mol. The molecule has 2 N–H and O–H groups in total. The molecule has 0 radical (unpaired) electrons. The van der Waals surface area contributed by atoms with E-state index in [-0.39, 0.29) is 30.2 Å². The van der Waals surface area contributed by atoms with Crippen LogP contribution in [0.4, 0.5) is 14.9 Å². The summed E-state index contributed by atoms with van der Waals surface area (Å²) in [6.45, 7) is 0.357. The molecule has 3 amide bonds. The zero-order valence-electron chi connectivity index (χ0n) is 9.94. The molecule has 1 aliphatic heterocycles. The van der Waals surface area contributed by atoms with Gasteiger partial charge in [0.15, 0.2) is 0 Å². The summed E-state index contributed by atoms with van der Waals surface area (Å²) in [5, 5.41) is 5.10. The highest BCUT2D eigenvalue weighted by Crippen LogP contribution is 2.22. The molecular weight excluding hydrogens is 237 g/mol. The molecule has 2 rings (SSSR count). The Kier molecular flexibility index (Phi) is 3.45. The Morgan fingerprint density at radius 2 is 2.28 bits per heavy atom. The molecule has 6 heteroatoms. The lowest BCUT2D eigenvalue weighted by Gasteiger charge is -2.17. The van der Waals surface area contributed by atoms with E-state index in [1.54, 1.807) is 12.1 Å². The van der Waals surface area contributed by atoms with E-state index in [2.05, 4.69) is 10.6 Å².